The molecule has 2 rings (SSSR count). The van der Waals surface area contributed by atoms with Crippen LogP contribution in [-0.2, 0) is 10.8 Å². The molecule has 0 amide bonds. The first-order valence-corrected chi connectivity index (χ1v) is 6.95. The lowest BCUT2D eigenvalue weighted by atomic mass is 9.89. The second-order valence-electron chi connectivity index (χ2n) is 4.86. The van der Waals surface area contributed by atoms with E-state index in [9.17, 15) is 4.21 Å². The lowest BCUT2D eigenvalue weighted by molar-refractivity contribution is 0.190. The summed E-state index contributed by atoms with van der Waals surface area (Å²) in [6, 6.07) is 0. The second-order valence-corrected chi connectivity index (χ2v) is 6.56. The van der Waals surface area contributed by atoms with Crippen LogP contribution in [0.15, 0.2) is 0 Å². The minimum Gasteiger partial charge on any atom is -0.316 e. The Morgan fingerprint density at radius 3 is 2.71 bits per heavy atom. The standard InChI is InChI=1S/C10H20N2OS/c1-10(2-3-11-8-10)9-12-4-6-14(13)7-5-12/h11H,2-9H2,1H3. The van der Waals surface area contributed by atoms with Crippen LogP contribution in [0.4, 0.5) is 0 Å². The summed E-state index contributed by atoms with van der Waals surface area (Å²) < 4.78 is 11.2. The molecule has 0 radical (unpaired) electrons. The Morgan fingerprint density at radius 2 is 2.14 bits per heavy atom. The van der Waals surface area contributed by atoms with Crippen molar-refractivity contribution in [1.82, 2.24) is 10.2 Å². The minimum atomic E-state index is -0.535. The molecular formula is C10H20N2OS. The fourth-order valence-electron chi connectivity index (χ4n) is 2.38. The van der Waals surface area contributed by atoms with E-state index in [0.29, 0.717) is 5.41 Å². The van der Waals surface area contributed by atoms with Crippen molar-refractivity contribution in [3.63, 3.8) is 0 Å². The molecule has 0 saturated carbocycles. The molecule has 14 heavy (non-hydrogen) atoms. The maximum Gasteiger partial charge on any atom is 0.0363 e. The molecule has 4 heteroatoms. The van der Waals surface area contributed by atoms with Gasteiger partial charge in [0.2, 0.25) is 0 Å². The van der Waals surface area contributed by atoms with Crippen molar-refractivity contribution in [1.29, 1.82) is 0 Å². The van der Waals surface area contributed by atoms with E-state index < -0.39 is 10.8 Å². The number of rotatable bonds is 2. The monoisotopic (exact) mass is 216 g/mol. The topological polar surface area (TPSA) is 32.3 Å². The van der Waals surface area contributed by atoms with E-state index in [1.807, 2.05) is 0 Å². The van der Waals surface area contributed by atoms with Gasteiger partial charge in [0.15, 0.2) is 0 Å². The molecule has 1 unspecified atom stereocenters. The molecule has 2 aliphatic rings. The normalized spacial score (nSPS) is 36.4. The fourth-order valence-corrected chi connectivity index (χ4v) is 3.51. The molecule has 1 N–H and O–H groups in total. The van der Waals surface area contributed by atoms with Gasteiger partial charge in [-0.3, -0.25) is 4.21 Å². The number of nitrogens with zero attached hydrogens (tertiary/aromatic N) is 1. The maximum atomic E-state index is 11.2. The van der Waals surface area contributed by atoms with Crippen molar-refractivity contribution < 1.29 is 4.21 Å². The first-order valence-electron chi connectivity index (χ1n) is 5.46. The molecule has 0 spiro atoms. The number of hydrogen-bond acceptors (Lipinski definition) is 3. The zero-order chi connectivity index (χ0) is 10.0. The van der Waals surface area contributed by atoms with Crippen LogP contribution >= 0.6 is 0 Å². The van der Waals surface area contributed by atoms with E-state index in [-0.39, 0.29) is 0 Å². The van der Waals surface area contributed by atoms with E-state index in [4.69, 9.17) is 0 Å². The van der Waals surface area contributed by atoms with Gasteiger partial charge in [-0.15, -0.1) is 0 Å². The summed E-state index contributed by atoms with van der Waals surface area (Å²) in [6.07, 6.45) is 1.28. The number of nitrogens with one attached hydrogen (secondary N) is 1. The lowest BCUT2D eigenvalue weighted by Crippen LogP contribution is -2.44. The maximum absolute atomic E-state index is 11.2. The lowest BCUT2D eigenvalue weighted by Gasteiger charge is -2.33. The van der Waals surface area contributed by atoms with Gasteiger partial charge in [-0.05, 0) is 18.4 Å². The third-order valence-corrected chi connectivity index (χ3v) is 4.61. The summed E-state index contributed by atoms with van der Waals surface area (Å²) in [5, 5.41) is 3.42. The van der Waals surface area contributed by atoms with Crippen molar-refractivity contribution in [2.24, 2.45) is 5.41 Å². The molecule has 3 nitrogen and oxygen atoms in total. The van der Waals surface area contributed by atoms with Gasteiger partial charge in [-0.1, -0.05) is 6.92 Å². The highest BCUT2D eigenvalue weighted by molar-refractivity contribution is 7.85. The zero-order valence-electron chi connectivity index (χ0n) is 8.92. The van der Waals surface area contributed by atoms with E-state index in [2.05, 4.69) is 17.1 Å². The Balaban J connectivity index is 1.82. The second kappa shape index (κ2) is 4.29. The van der Waals surface area contributed by atoms with Gasteiger partial charge >= 0.3 is 0 Å². The predicted octanol–water partition coefficient (Wildman–Crippen LogP) is 0.0503. The fraction of sp³-hybridized carbons (Fsp3) is 1.00. The third-order valence-electron chi connectivity index (χ3n) is 3.33. The van der Waals surface area contributed by atoms with Crippen LogP contribution in [0.3, 0.4) is 0 Å². The Morgan fingerprint density at radius 1 is 1.43 bits per heavy atom. The average molecular weight is 216 g/mol. The summed E-state index contributed by atoms with van der Waals surface area (Å²) in [5.41, 5.74) is 0.457. The predicted molar refractivity (Wildman–Crippen MR) is 59.9 cm³/mol. The molecule has 0 aromatic heterocycles. The van der Waals surface area contributed by atoms with Crippen molar-refractivity contribution >= 4 is 10.8 Å². The van der Waals surface area contributed by atoms with Gasteiger partial charge in [-0.2, -0.15) is 0 Å². The van der Waals surface area contributed by atoms with Gasteiger partial charge in [0.05, 0.1) is 0 Å². The van der Waals surface area contributed by atoms with Crippen LogP contribution in [0, 0.1) is 5.41 Å². The largest absolute Gasteiger partial charge is 0.316 e. The van der Waals surface area contributed by atoms with E-state index in [1.54, 1.807) is 0 Å². The van der Waals surface area contributed by atoms with Crippen LogP contribution in [0.1, 0.15) is 13.3 Å². The van der Waals surface area contributed by atoms with Crippen LogP contribution in [0.2, 0.25) is 0 Å². The smallest absolute Gasteiger partial charge is 0.0363 e. The van der Waals surface area contributed by atoms with E-state index in [1.165, 1.54) is 13.0 Å². The van der Waals surface area contributed by atoms with Gasteiger partial charge in [-0.25, -0.2) is 0 Å². The molecule has 0 aromatic carbocycles. The summed E-state index contributed by atoms with van der Waals surface area (Å²) in [4.78, 5) is 2.48. The highest BCUT2D eigenvalue weighted by Gasteiger charge is 2.31. The Labute approximate surface area is 88.7 Å². The summed E-state index contributed by atoms with van der Waals surface area (Å²) >= 11 is 0. The van der Waals surface area contributed by atoms with Crippen molar-refractivity contribution in [3.05, 3.63) is 0 Å². The van der Waals surface area contributed by atoms with Crippen molar-refractivity contribution in [2.45, 2.75) is 13.3 Å². The van der Waals surface area contributed by atoms with E-state index >= 15 is 0 Å². The van der Waals surface area contributed by atoms with Crippen molar-refractivity contribution in [2.75, 3.05) is 44.2 Å². The molecule has 2 heterocycles. The quantitative estimate of drug-likeness (QED) is 0.708. The molecule has 0 aromatic rings. The first-order chi connectivity index (χ1) is 6.68. The van der Waals surface area contributed by atoms with Gasteiger partial charge in [0, 0.05) is 48.5 Å². The van der Waals surface area contributed by atoms with Crippen LogP contribution < -0.4 is 5.32 Å². The highest BCUT2D eigenvalue weighted by atomic mass is 32.2. The third kappa shape index (κ3) is 2.55. The summed E-state index contributed by atoms with van der Waals surface area (Å²) in [6.45, 7) is 7.91. The summed E-state index contributed by atoms with van der Waals surface area (Å²) in [5.74, 6) is 1.76. The Kier molecular flexibility index (Phi) is 3.24. The molecule has 82 valence electrons. The molecule has 0 aliphatic carbocycles. The van der Waals surface area contributed by atoms with E-state index in [0.717, 1.165) is 37.7 Å². The molecule has 2 aliphatic heterocycles. The van der Waals surface area contributed by atoms with Crippen molar-refractivity contribution in [3.8, 4) is 0 Å². The molecule has 2 saturated heterocycles. The Hall–Kier alpha value is 0.0700. The minimum absolute atomic E-state index is 0.457. The SMILES string of the molecule is CC1(CN2CCS(=O)CC2)CCNC1. The zero-order valence-corrected chi connectivity index (χ0v) is 9.74. The Bertz CT molecular complexity index is 216. The van der Waals surface area contributed by atoms with Gasteiger partial charge in [0.25, 0.3) is 0 Å². The molecule has 1 atom stereocenters. The highest BCUT2D eigenvalue weighted by Crippen LogP contribution is 2.25. The summed E-state index contributed by atoms with van der Waals surface area (Å²) in [7, 11) is -0.535. The van der Waals surface area contributed by atoms with Gasteiger partial charge in [0.1, 0.15) is 0 Å². The molecular weight excluding hydrogens is 196 g/mol. The van der Waals surface area contributed by atoms with Crippen LogP contribution in [-0.4, -0.2) is 53.3 Å². The average Bonchev–Trinajstić information content (AvgIpc) is 2.57. The molecule has 2 fully saturated rings. The van der Waals surface area contributed by atoms with Crippen LogP contribution in [0.5, 0.6) is 0 Å². The first kappa shape index (κ1) is 10.6. The van der Waals surface area contributed by atoms with Crippen LogP contribution in [0.25, 0.3) is 0 Å². The molecule has 0 bridgehead atoms. The van der Waals surface area contributed by atoms with Gasteiger partial charge < -0.3 is 10.2 Å². The number of hydrogen-bond donors (Lipinski definition) is 1.